The molecule has 0 unspecified atom stereocenters. The van der Waals surface area contributed by atoms with Crippen molar-refractivity contribution in [3.05, 3.63) is 36.8 Å². The minimum absolute atomic E-state index is 0.185. The maximum Gasteiger partial charge on any atom is 0.227 e. The van der Waals surface area contributed by atoms with Gasteiger partial charge in [0, 0.05) is 63.7 Å². The van der Waals surface area contributed by atoms with E-state index >= 15 is 0 Å². The highest BCUT2D eigenvalue weighted by Crippen LogP contribution is 2.37. The molecule has 0 spiro atoms. The molecule has 4 aromatic rings. The zero-order chi connectivity index (χ0) is 29.3. The summed E-state index contributed by atoms with van der Waals surface area (Å²) >= 11 is 0. The van der Waals surface area contributed by atoms with E-state index in [9.17, 15) is 4.79 Å². The summed E-state index contributed by atoms with van der Waals surface area (Å²) in [6.45, 7) is 11.7. The second-order valence-corrected chi connectivity index (χ2v) is 12.1. The van der Waals surface area contributed by atoms with Gasteiger partial charge in [-0.05, 0) is 50.3 Å². The molecule has 224 valence electrons. The molecule has 2 N–H and O–H groups in total. The second-order valence-electron chi connectivity index (χ2n) is 12.1. The summed E-state index contributed by atoms with van der Waals surface area (Å²) in [7, 11) is 1.78. The Kier molecular flexibility index (Phi) is 8.04. The first kappa shape index (κ1) is 28.4. The van der Waals surface area contributed by atoms with Gasteiger partial charge in [-0.1, -0.05) is 13.8 Å². The summed E-state index contributed by atoms with van der Waals surface area (Å²) < 4.78 is 13.3. The number of H-pyrrole nitrogens is 1. The number of ether oxygens (including phenoxy) is 2. The zero-order valence-electron chi connectivity index (χ0n) is 25.1. The van der Waals surface area contributed by atoms with Gasteiger partial charge in [0.1, 0.15) is 11.6 Å². The van der Waals surface area contributed by atoms with Crippen LogP contribution in [0.5, 0.6) is 5.75 Å². The predicted octanol–water partition coefficient (Wildman–Crippen LogP) is 3.75. The maximum absolute atomic E-state index is 13.6. The third-order valence-corrected chi connectivity index (χ3v) is 8.76. The van der Waals surface area contributed by atoms with Crippen molar-refractivity contribution in [2.75, 3.05) is 57.9 Å². The van der Waals surface area contributed by atoms with Gasteiger partial charge >= 0.3 is 0 Å². The monoisotopic (exact) mass is 574 g/mol. The summed E-state index contributed by atoms with van der Waals surface area (Å²) in [5, 5.41) is 16.0. The fourth-order valence-corrected chi connectivity index (χ4v) is 6.40. The lowest BCUT2D eigenvalue weighted by atomic mass is 9.76. The van der Waals surface area contributed by atoms with Crippen LogP contribution in [-0.2, 0) is 9.53 Å². The number of hydrogen-bond donors (Lipinski definition) is 2. The van der Waals surface area contributed by atoms with E-state index in [1.807, 2.05) is 29.9 Å². The SMILES string of the molecule is CCOc1cc(-c2ccc(N3CCC(CN4CC[C@H](OC)C4)(C(=O)NCC(C)C)CC3)nc2)c2c3cn[nH]c3nn2c1. The van der Waals surface area contributed by atoms with Gasteiger partial charge in [0.15, 0.2) is 5.65 Å². The Morgan fingerprint density at radius 3 is 2.74 bits per heavy atom. The number of hydrogen-bond acceptors (Lipinski definition) is 8. The van der Waals surface area contributed by atoms with Crippen molar-refractivity contribution in [1.82, 2.24) is 35.0 Å². The van der Waals surface area contributed by atoms with E-state index in [2.05, 4.69) is 56.4 Å². The predicted molar refractivity (Wildman–Crippen MR) is 163 cm³/mol. The van der Waals surface area contributed by atoms with E-state index in [-0.39, 0.29) is 12.0 Å². The highest BCUT2D eigenvalue weighted by atomic mass is 16.5. The number of amides is 1. The molecule has 1 atom stereocenters. The highest BCUT2D eigenvalue weighted by Gasteiger charge is 2.44. The summed E-state index contributed by atoms with van der Waals surface area (Å²) in [6.07, 6.45) is 8.48. The third-order valence-electron chi connectivity index (χ3n) is 8.76. The fraction of sp³-hybridized carbons (Fsp3) is 0.548. The van der Waals surface area contributed by atoms with E-state index in [0.717, 1.165) is 91.2 Å². The quantitative estimate of drug-likeness (QED) is 0.295. The first-order valence-electron chi connectivity index (χ1n) is 15.1. The van der Waals surface area contributed by atoms with E-state index in [1.54, 1.807) is 13.3 Å². The molecule has 0 saturated carbocycles. The number of methoxy groups -OCH3 is 1. The number of aromatic amines is 1. The summed E-state index contributed by atoms with van der Waals surface area (Å²) in [5.74, 6) is 2.28. The van der Waals surface area contributed by atoms with Gasteiger partial charge < -0.3 is 19.7 Å². The Morgan fingerprint density at radius 1 is 1.21 bits per heavy atom. The van der Waals surface area contributed by atoms with Crippen LogP contribution in [0.4, 0.5) is 5.82 Å². The fourth-order valence-electron chi connectivity index (χ4n) is 6.40. The lowest BCUT2D eigenvalue weighted by Crippen LogP contribution is -2.54. The Balaban J connectivity index is 1.21. The molecule has 2 saturated heterocycles. The van der Waals surface area contributed by atoms with Crippen molar-refractivity contribution in [2.45, 2.75) is 46.1 Å². The Morgan fingerprint density at radius 2 is 2.05 bits per heavy atom. The molecule has 6 heterocycles. The van der Waals surface area contributed by atoms with E-state index < -0.39 is 5.41 Å². The number of nitrogens with zero attached hydrogens (tertiary/aromatic N) is 6. The maximum atomic E-state index is 13.6. The molecule has 1 amide bonds. The van der Waals surface area contributed by atoms with E-state index in [1.165, 1.54) is 0 Å². The molecule has 2 aliphatic heterocycles. The number of pyridine rings is 2. The number of aromatic nitrogens is 5. The molecule has 4 aromatic heterocycles. The summed E-state index contributed by atoms with van der Waals surface area (Å²) in [5.41, 5.74) is 3.26. The second kappa shape index (κ2) is 11.9. The van der Waals surface area contributed by atoms with Gasteiger partial charge in [0.05, 0.1) is 41.4 Å². The van der Waals surface area contributed by atoms with Crippen molar-refractivity contribution in [3.63, 3.8) is 0 Å². The van der Waals surface area contributed by atoms with Crippen LogP contribution in [0.15, 0.2) is 36.8 Å². The van der Waals surface area contributed by atoms with E-state index in [0.29, 0.717) is 19.1 Å². The van der Waals surface area contributed by atoms with E-state index in [4.69, 9.17) is 14.5 Å². The van der Waals surface area contributed by atoms with Crippen molar-refractivity contribution >= 4 is 28.3 Å². The van der Waals surface area contributed by atoms with Crippen LogP contribution in [0.1, 0.15) is 40.0 Å². The molecule has 42 heavy (non-hydrogen) atoms. The number of carbonyl (C=O) groups is 1. The number of piperidine rings is 1. The lowest BCUT2D eigenvalue weighted by molar-refractivity contribution is -0.133. The van der Waals surface area contributed by atoms with Crippen molar-refractivity contribution in [2.24, 2.45) is 11.3 Å². The highest BCUT2D eigenvalue weighted by molar-refractivity contribution is 6.00. The molecule has 2 fully saturated rings. The largest absolute Gasteiger partial charge is 0.492 e. The van der Waals surface area contributed by atoms with Gasteiger partial charge in [-0.25, -0.2) is 9.50 Å². The van der Waals surface area contributed by atoms with Crippen molar-refractivity contribution in [1.29, 1.82) is 0 Å². The third kappa shape index (κ3) is 5.55. The number of rotatable bonds is 10. The van der Waals surface area contributed by atoms with Crippen LogP contribution < -0.4 is 15.0 Å². The van der Waals surface area contributed by atoms with Gasteiger partial charge in [0.25, 0.3) is 0 Å². The van der Waals surface area contributed by atoms with Gasteiger partial charge in [-0.15, -0.1) is 5.10 Å². The van der Waals surface area contributed by atoms with Gasteiger partial charge in [-0.2, -0.15) is 5.10 Å². The molecule has 2 aliphatic rings. The van der Waals surface area contributed by atoms with Crippen LogP contribution in [-0.4, -0.2) is 94.7 Å². The van der Waals surface area contributed by atoms with Crippen molar-refractivity contribution < 1.29 is 14.3 Å². The molecule has 0 aliphatic carbocycles. The lowest BCUT2D eigenvalue weighted by Gasteiger charge is -2.43. The normalized spacial score (nSPS) is 19.3. The molecule has 11 nitrogen and oxygen atoms in total. The number of nitrogens with one attached hydrogen (secondary N) is 2. The number of anilines is 1. The first-order chi connectivity index (χ1) is 20.4. The average Bonchev–Trinajstić information content (AvgIpc) is 3.73. The Hall–Kier alpha value is -3.70. The molecular formula is C31H42N8O3. The molecule has 0 radical (unpaired) electrons. The molecule has 0 aromatic carbocycles. The average molecular weight is 575 g/mol. The Labute approximate surface area is 246 Å². The van der Waals surface area contributed by atoms with Crippen LogP contribution in [0.3, 0.4) is 0 Å². The number of likely N-dealkylation sites (tertiary alicyclic amines) is 1. The van der Waals surface area contributed by atoms with Gasteiger partial charge in [-0.3, -0.25) is 14.8 Å². The van der Waals surface area contributed by atoms with Crippen LogP contribution >= 0.6 is 0 Å². The van der Waals surface area contributed by atoms with Crippen LogP contribution in [0.25, 0.3) is 27.7 Å². The number of fused-ring (bicyclic) bond motifs is 3. The zero-order valence-corrected chi connectivity index (χ0v) is 25.1. The topological polar surface area (TPSA) is 113 Å². The van der Waals surface area contributed by atoms with Crippen molar-refractivity contribution in [3.8, 4) is 16.9 Å². The molecular weight excluding hydrogens is 532 g/mol. The first-order valence-corrected chi connectivity index (χ1v) is 15.1. The molecule has 6 rings (SSSR count). The minimum atomic E-state index is -0.405. The standard InChI is InChI=1S/C31H42N8O3/c1-5-42-24-14-25(28-26-17-34-35-29(26)36-39(28)19-24)22-6-7-27(32-16-22)38-12-9-31(10-13-38,30(40)33-15-21(2)3)20-37-11-8-23(18-37)41-4/h6-7,14,16-17,19,21,23H,5,8-13,15,18,20H2,1-4H3,(H,33,40)(H,35,36)/t23-/m0/s1. The smallest absolute Gasteiger partial charge is 0.227 e. The number of carbonyl (C=O) groups excluding carboxylic acids is 1. The minimum Gasteiger partial charge on any atom is -0.492 e. The molecule has 0 bridgehead atoms. The summed E-state index contributed by atoms with van der Waals surface area (Å²) in [4.78, 5) is 23.2. The molecule has 11 heteroatoms. The van der Waals surface area contributed by atoms with Gasteiger partial charge in [0.2, 0.25) is 5.91 Å². The van der Waals surface area contributed by atoms with Crippen LogP contribution in [0, 0.1) is 11.3 Å². The van der Waals surface area contributed by atoms with Crippen LogP contribution in [0.2, 0.25) is 0 Å². The Bertz CT molecular complexity index is 1520. The summed E-state index contributed by atoms with van der Waals surface area (Å²) in [6, 6.07) is 6.23.